The van der Waals surface area contributed by atoms with E-state index in [2.05, 4.69) is 18.6 Å². The van der Waals surface area contributed by atoms with E-state index in [4.69, 9.17) is 22.4 Å². The standard InChI is InChI=1S/C3H8S25/c1-2-3-28(5,6)27-26-25-24-23-22-21-20-19-18-17-16-15-14-13-12-11-10-9-8-7-4/h4H,2-3H2,1H3. The monoisotopic (exact) mass is 843 g/mol. The lowest BCUT2D eigenvalue weighted by Crippen LogP contribution is -1.92. The van der Waals surface area contributed by atoms with E-state index in [1.807, 2.05) is 59.0 Å². The zero-order chi connectivity index (χ0) is 20.8. The summed E-state index contributed by atoms with van der Waals surface area (Å²) in [7, 11) is 37.1. The average Bonchev–Trinajstić information content (AvgIpc) is 2.66. The van der Waals surface area contributed by atoms with Crippen molar-refractivity contribution in [3.8, 4) is 0 Å². The zero-order valence-corrected chi connectivity index (χ0v) is 33.1. The van der Waals surface area contributed by atoms with Gasteiger partial charge >= 0.3 is 0 Å². The molecular formula is C3H8S25. The highest BCUT2D eigenvalue weighted by Gasteiger charge is 2.04. The Bertz CT molecular complexity index is 387. The first-order valence-electron chi connectivity index (χ1n) is 5.51. The molecule has 0 atom stereocenters. The fourth-order valence-electron chi connectivity index (χ4n) is 0.543. The van der Waals surface area contributed by atoms with Crippen molar-refractivity contribution in [3.05, 3.63) is 0 Å². The third-order valence-electron chi connectivity index (χ3n) is 1.12. The third kappa shape index (κ3) is 30.7. The second kappa shape index (κ2) is 30.0. The third-order valence-corrected chi connectivity index (χ3v) is 53.9. The molecule has 0 fully saturated rings. The van der Waals surface area contributed by atoms with E-state index in [0.29, 0.717) is 0 Å². The van der Waals surface area contributed by atoms with Crippen molar-refractivity contribution in [2.45, 2.75) is 13.3 Å². The molecule has 0 N–H and O–H groups in total. The van der Waals surface area contributed by atoms with Crippen molar-refractivity contribution < 1.29 is 0 Å². The molecule has 0 unspecified atom stereocenters. The van der Waals surface area contributed by atoms with E-state index in [9.17, 15) is 0 Å². The van der Waals surface area contributed by atoms with Crippen molar-refractivity contribution in [2.75, 3.05) is 5.75 Å². The fourth-order valence-corrected chi connectivity index (χ4v) is 62.9. The highest BCUT2D eigenvalue weighted by molar-refractivity contribution is 9.59. The molecule has 25 heteroatoms. The molecule has 170 valence electrons. The molecule has 0 rings (SSSR count). The predicted octanol–water partition coefficient (Wildman–Crippen LogP) is 14.9. The minimum atomic E-state index is -1.29. The summed E-state index contributed by atoms with van der Waals surface area (Å²) in [6.07, 6.45) is -0.206. The van der Waals surface area contributed by atoms with E-state index in [-0.39, 0.29) is 0 Å². The molecule has 28 heavy (non-hydrogen) atoms. The Morgan fingerprint density at radius 2 is 0.821 bits per heavy atom. The first-order valence-corrected chi connectivity index (χ1v) is 38.2. The van der Waals surface area contributed by atoms with E-state index in [0.717, 1.165) is 12.2 Å². The smallest absolute Gasteiger partial charge is 0.0118 e. The minimum Gasteiger partial charge on any atom is -0.0988 e. The van der Waals surface area contributed by atoms with Gasteiger partial charge in [-0.05, 0) is 192 Å². The van der Waals surface area contributed by atoms with Crippen LogP contribution in [0.5, 0.6) is 0 Å². The van der Waals surface area contributed by atoms with Crippen molar-refractivity contribution >= 4 is 247 Å². The first-order chi connectivity index (χ1) is 13.6. The summed E-state index contributed by atoms with van der Waals surface area (Å²) >= 11 is 15.0. The lowest BCUT2D eigenvalue weighted by molar-refractivity contribution is 1.11. The molecule has 0 aliphatic rings. The van der Waals surface area contributed by atoms with Crippen LogP contribution in [-0.2, 0) is 28.6 Å². The Hall–Kier alpha value is 8.49. The minimum absolute atomic E-state index is 0.988. The van der Waals surface area contributed by atoms with Crippen LogP contribution in [0.1, 0.15) is 13.3 Å². The second-order valence-electron chi connectivity index (χ2n) is 2.70. The maximum Gasteiger partial charge on any atom is 0.0118 e. The summed E-state index contributed by atoms with van der Waals surface area (Å²) < 4.78 is 0. The maximum atomic E-state index is 5.44. The van der Waals surface area contributed by atoms with E-state index in [1.165, 1.54) is 9.83 Å². The Morgan fingerprint density at radius 1 is 0.536 bits per heavy atom. The first kappa shape index (κ1) is 36.5. The molecule has 0 amide bonds. The van der Waals surface area contributed by atoms with E-state index < -0.39 is 6.18 Å². The Balaban J connectivity index is 3.10. The molecule has 0 heterocycles. The molecular weight excluding hydrogens is 838 g/mol. The lowest BCUT2D eigenvalue weighted by atomic mass is 10.6. The molecule has 0 saturated carbocycles. The van der Waals surface area contributed by atoms with Gasteiger partial charge in [-0.1, -0.05) is 18.6 Å². The van der Waals surface area contributed by atoms with Gasteiger partial charge in [-0.3, -0.25) is 0 Å². The van der Waals surface area contributed by atoms with Crippen LogP contribution < -0.4 is 0 Å². The number of rotatable bonds is 23. The molecule has 0 nitrogen and oxygen atoms in total. The van der Waals surface area contributed by atoms with Crippen LogP contribution in [0.25, 0.3) is 0 Å². The van der Waals surface area contributed by atoms with Crippen LogP contribution >= 0.6 is 218 Å². The van der Waals surface area contributed by atoms with Gasteiger partial charge in [0.05, 0.1) is 0 Å². The summed E-state index contributed by atoms with van der Waals surface area (Å²) in [6, 6.07) is 0. The van der Waals surface area contributed by atoms with Crippen molar-refractivity contribution in [2.24, 2.45) is 0 Å². The number of hydrogen-bond acceptors (Lipinski definition) is 24. The average molecular weight is 846 g/mol. The Morgan fingerprint density at radius 3 is 1.11 bits per heavy atom. The molecule has 0 aliphatic carbocycles. The van der Waals surface area contributed by atoms with E-state index >= 15 is 0 Å². The fraction of sp³-hybridized carbons (Fsp3) is 1.00. The quantitative estimate of drug-likeness (QED) is 0.0589. The van der Waals surface area contributed by atoms with E-state index in [1.54, 1.807) is 138 Å². The zero-order valence-electron chi connectivity index (χ0n) is 12.7. The SMILES string of the molecule is CCCS(=S)(=S)SSSSSSSSSSSSSSSSSSSSSS. The molecule has 0 bridgehead atoms. The van der Waals surface area contributed by atoms with Gasteiger partial charge in [-0.2, -0.15) is 0 Å². The van der Waals surface area contributed by atoms with Crippen LogP contribution in [0, 0.1) is 0 Å². The van der Waals surface area contributed by atoms with Crippen molar-refractivity contribution in [3.63, 3.8) is 0 Å². The van der Waals surface area contributed by atoms with Crippen molar-refractivity contribution in [1.29, 1.82) is 0 Å². The molecule has 0 aromatic carbocycles. The van der Waals surface area contributed by atoms with Crippen LogP contribution in [-0.4, -0.2) is 5.75 Å². The normalized spacial score (nSPS) is 11.9. The largest absolute Gasteiger partial charge is 0.0988 e. The molecule has 0 saturated heterocycles. The molecule has 0 aliphatic heterocycles. The van der Waals surface area contributed by atoms with Gasteiger partial charge in [0.15, 0.2) is 0 Å². The van der Waals surface area contributed by atoms with Gasteiger partial charge in [-0.15, -0.1) is 0 Å². The molecule has 0 spiro atoms. The van der Waals surface area contributed by atoms with Gasteiger partial charge < -0.3 is 0 Å². The van der Waals surface area contributed by atoms with Crippen LogP contribution in [0.15, 0.2) is 0 Å². The summed E-state index contributed by atoms with van der Waals surface area (Å²) in [6.45, 7) is 2.14. The second-order valence-corrected chi connectivity index (χ2v) is 48.6. The topological polar surface area (TPSA) is 0 Å². The maximum absolute atomic E-state index is 5.44. The molecule has 0 radical (unpaired) electrons. The molecule has 0 aromatic heterocycles. The van der Waals surface area contributed by atoms with Gasteiger partial charge in [0.2, 0.25) is 0 Å². The van der Waals surface area contributed by atoms with Gasteiger partial charge in [0, 0.05) is 54.9 Å². The summed E-state index contributed by atoms with van der Waals surface area (Å²) in [4.78, 5) is 0. The Kier molecular flexibility index (Phi) is 39.1. The van der Waals surface area contributed by atoms with Crippen molar-refractivity contribution in [1.82, 2.24) is 0 Å². The lowest BCUT2D eigenvalue weighted by Gasteiger charge is -2.05. The Labute approximate surface area is 259 Å². The van der Waals surface area contributed by atoms with Gasteiger partial charge in [-0.25, -0.2) is 0 Å². The highest BCUT2D eigenvalue weighted by Crippen LogP contribution is 2.65. The predicted molar refractivity (Wildman–Crippen MR) is 206 cm³/mol. The van der Waals surface area contributed by atoms with Crippen LogP contribution in [0.4, 0.5) is 0 Å². The van der Waals surface area contributed by atoms with Crippen LogP contribution in [0.2, 0.25) is 0 Å². The summed E-state index contributed by atoms with van der Waals surface area (Å²) in [5.41, 5.74) is 0. The van der Waals surface area contributed by atoms with Crippen LogP contribution in [0.3, 0.4) is 0 Å². The number of hydrogen-bond donors (Lipinski definition) is 1. The molecule has 0 aromatic rings. The summed E-state index contributed by atoms with van der Waals surface area (Å²) in [5.74, 6) is 0.988. The summed E-state index contributed by atoms with van der Waals surface area (Å²) in [5, 5.41) is 0. The number of thiol groups is 1. The van der Waals surface area contributed by atoms with Gasteiger partial charge in [0.25, 0.3) is 0 Å². The van der Waals surface area contributed by atoms with Gasteiger partial charge in [0.1, 0.15) is 0 Å². The highest BCUT2D eigenvalue weighted by atomic mass is 34.1.